The number of nitrogens with zero attached hydrogens (tertiary/aromatic N) is 1. The molecule has 2 heteroatoms. The van der Waals surface area contributed by atoms with Crippen molar-refractivity contribution >= 4 is 5.69 Å². The molecule has 1 aliphatic heterocycles. The van der Waals surface area contributed by atoms with Crippen molar-refractivity contribution in [2.24, 2.45) is 23.5 Å². The molecule has 0 amide bonds. The largest absolute Gasteiger partial charge is 0.369 e. The summed E-state index contributed by atoms with van der Waals surface area (Å²) in [7, 11) is 0. The summed E-state index contributed by atoms with van der Waals surface area (Å²) in [5.74, 6) is 2.98. The van der Waals surface area contributed by atoms with Gasteiger partial charge in [0, 0.05) is 24.8 Å². The van der Waals surface area contributed by atoms with Gasteiger partial charge >= 0.3 is 0 Å². The summed E-state index contributed by atoms with van der Waals surface area (Å²) in [6.45, 7) is 2.29. The lowest BCUT2D eigenvalue weighted by Crippen LogP contribution is -2.45. The van der Waals surface area contributed by atoms with Gasteiger partial charge in [0.2, 0.25) is 0 Å². The van der Waals surface area contributed by atoms with Crippen LogP contribution < -0.4 is 10.6 Å². The molecule has 1 aromatic carbocycles. The van der Waals surface area contributed by atoms with Gasteiger partial charge in [-0.2, -0.15) is 0 Å². The van der Waals surface area contributed by atoms with Crippen molar-refractivity contribution in [3.05, 3.63) is 29.8 Å². The number of anilines is 1. The summed E-state index contributed by atoms with van der Waals surface area (Å²) in [6, 6.07) is 9.17. The number of fused-ring (bicyclic) bond motifs is 3. The fourth-order valence-electron chi connectivity index (χ4n) is 4.78. The Morgan fingerprint density at radius 1 is 1.16 bits per heavy atom. The van der Waals surface area contributed by atoms with Crippen LogP contribution in [-0.2, 0) is 6.42 Å². The lowest BCUT2D eigenvalue weighted by atomic mass is 9.87. The molecule has 1 aromatic rings. The topological polar surface area (TPSA) is 29.3 Å². The molecule has 0 saturated heterocycles. The van der Waals surface area contributed by atoms with Crippen LogP contribution in [0.4, 0.5) is 5.69 Å². The first kappa shape index (κ1) is 11.8. The quantitative estimate of drug-likeness (QED) is 0.881. The molecule has 3 aliphatic rings. The Labute approximate surface area is 116 Å². The minimum absolute atomic E-state index is 0.313. The van der Waals surface area contributed by atoms with Gasteiger partial charge in [-0.05, 0) is 55.1 Å². The molecule has 1 heterocycles. The summed E-state index contributed by atoms with van der Waals surface area (Å²) in [5, 5.41) is 0. The van der Waals surface area contributed by atoms with Crippen LogP contribution in [-0.4, -0.2) is 19.1 Å². The first-order valence-corrected chi connectivity index (χ1v) is 7.88. The maximum Gasteiger partial charge on any atom is 0.0399 e. The molecular weight excluding hydrogens is 232 g/mol. The Morgan fingerprint density at radius 2 is 2.05 bits per heavy atom. The van der Waals surface area contributed by atoms with Crippen molar-refractivity contribution in [3.8, 4) is 0 Å². The maximum atomic E-state index is 6.25. The third-order valence-electron chi connectivity index (χ3n) is 5.61. The molecule has 2 N–H and O–H groups in total. The van der Waals surface area contributed by atoms with E-state index in [1.165, 1.54) is 43.5 Å². The Morgan fingerprint density at radius 3 is 2.84 bits per heavy atom. The van der Waals surface area contributed by atoms with Gasteiger partial charge in [-0.1, -0.05) is 24.6 Å². The fourth-order valence-corrected chi connectivity index (χ4v) is 4.78. The number of rotatable bonds is 2. The van der Waals surface area contributed by atoms with E-state index in [9.17, 15) is 0 Å². The zero-order valence-electron chi connectivity index (χ0n) is 11.6. The predicted octanol–water partition coefficient (Wildman–Crippen LogP) is 2.81. The highest BCUT2D eigenvalue weighted by atomic mass is 15.2. The van der Waals surface area contributed by atoms with Crippen molar-refractivity contribution in [3.63, 3.8) is 0 Å². The number of benzene rings is 1. The van der Waals surface area contributed by atoms with Gasteiger partial charge in [0.1, 0.15) is 0 Å². The number of para-hydroxylation sites is 1. The lowest BCUT2D eigenvalue weighted by molar-refractivity contribution is 0.330. The average Bonchev–Trinajstić information content (AvgIpc) is 3.01. The van der Waals surface area contributed by atoms with Crippen LogP contribution in [0.15, 0.2) is 24.3 Å². The molecule has 0 radical (unpaired) electrons. The highest BCUT2D eigenvalue weighted by molar-refractivity contribution is 5.56. The zero-order valence-corrected chi connectivity index (χ0v) is 11.6. The number of hydrogen-bond acceptors (Lipinski definition) is 2. The molecule has 4 rings (SSSR count). The monoisotopic (exact) mass is 256 g/mol. The van der Waals surface area contributed by atoms with Gasteiger partial charge < -0.3 is 10.6 Å². The first-order chi connectivity index (χ1) is 9.29. The second-order valence-corrected chi connectivity index (χ2v) is 6.93. The van der Waals surface area contributed by atoms with Crippen molar-refractivity contribution in [1.29, 1.82) is 0 Å². The van der Waals surface area contributed by atoms with E-state index >= 15 is 0 Å². The van der Waals surface area contributed by atoms with Gasteiger partial charge in [0.25, 0.3) is 0 Å². The summed E-state index contributed by atoms with van der Waals surface area (Å²) < 4.78 is 0. The standard InChI is InChI=1S/C17H24N2/c18-16-9-14-3-1-2-4-17(14)19(11-16)10-15-8-12-5-6-13(15)7-12/h1-4,12-13,15-16H,5-11,18H2. The highest BCUT2D eigenvalue weighted by Gasteiger charge is 2.40. The normalized spacial score (nSPS) is 36.6. The molecule has 4 atom stereocenters. The smallest absolute Gasteiger partial charge is 0.0399 e. The van der Waals surface area contributed by atoms with Crippen LogP contribution in [0.25, 0.3) is 0 Å². The van der Waals surface area contributed by atoms with Crippen molar-refractivity contribution in [2.75, 3.05) is 18.0 Å². The van der Waals surface area contributed by atoms with E-state index in [0.29, 0.717) is 6.04 Å². The molecule has 2 nitrogen and oxygen atoms in total. The van der Waals surface area contributed by atoms with Crippen LogP contribution in [0.3, 0.4) is 0 Å². The van der Waals surface area contributed by atoms with Crippen LogP contribution in [0.1, 0.15) is 31.2 Å². The number of hydrogen-bond donors (Lipinski definition) is 1. The summed E-state index contributed by atoms with van der Waals surface area (Å²) >= 11 is 0. The fraction of sp³-hybridized carbons (Fsp3) is 0.647. The third-order valence-corrected chi connectivity index (χ3v) is 5.61. The van der Waals surface area contributed by atoms with E-state index in [2.05, 4.69) is 29.2 Å². The van der Waals surface area contributed by atoms with E-state index in [0.717, 1.165) is 30.7 Å². The molecular formula is C17H24N2. The molecule has 2 bridgehead atoms. The zero-order chi connectivity index (χ0) is 12.8. The third kappa shape index (κ3) is 2.06. The predicted molar refractivity (Wildman–Crippen MR) is 79.3 cm³/mol. The molecule has 4 unspecified atom stereocenters. The average molecular weight is 256 g/mol. The van der Waals surface area contributed by atoms with Gasteiger partial charge in [-0.25, -0.2) is 0 Å². The minimum atomic E-state index is 0.313. The van der Waals surface area contributed by atoms with Crippen LogP contribution in [0.2, 0.25) is 0 Å². The number of nitrogens with two attached hydrogens (primary N) is 1. The van der Waals surface area contributed by atoms with Gasteiger partial charge in [0.05, 0.1) is 0 Å². The second kappa shape index (κ2) is 4.52. The van der Waals surface area contributed by atoms with Gasteiger partial charge in [-0.3, -0.25) is 0 Å². The minimum Gasteiger partial charge on any atom is -0.369 e. The molecule has 2 fully saturated rings. The van der Waals surface area contributed by atoms with E-state index in [4.69, 9.17) is 5.73 Å². The molecule has 0 aromatic heterocycles. The molecule has 102 valence electrons. The molecule has 0 spiro atoms. The van der Waals surface area contributed by atoms with E-state index < -0.39 is 0 Å². The summed E-state index contributed by atoms with van der Waals surface area (Å²) in [5.41, 5.74) is 9.15. The first-order valence-electron chi connectivity index (χ1n) is 7.88. The van der Waals surface area contributed by atoms with Gasteiger partial charge in [0.15, 0.2) is 0 Å². The van der Waals surface area contributed by atoms with Gasteiger partial charge in [-0.15, -0.1) is 0 Å². The van der Waals surface area contributed by atoms with E-state index in [1.54, 1.807) is 0 Å². The Hall–Kier alpha value is -1.02. The second-order valence-electron chi connectivity index (χ2n) is 6.93. The molecule has 2 saturated carbocycles. The molecule has 19 heavy (non-hydrogen) atoms. The SMILES string of the molecule is NC1Cc2ccccc2N(CC2CC3CCC2C3)C1. The van der Waals surface area contributed by atoms with Crippen molar-refractivity contribution < 1.29 is 0 Å². The Balaban J connectivity index is 1.55. The van der Waals surface area contributed by atoms with Crippen LogP contribution in [0.5, 0.6) is 0 Å². The van der Waals surface area contributed by atoms with E-state index in [-0.39, 0.29) is 0 Å². The van der Waals surface area contributed by atoms with Crippen LogP contribution >= 0.6 is 0 Å². The molecule has 2 aliphatic carbocycles. The van der Waals surface area contributed by atoms with E-state index in [1.807, 2.05) is 0 Å². The Bertz CT molecular complexity index is 470. The summed E-state index contributed by atoms with van der Waals surface area (Å²) in [4.78, 5) is 2.58. The Kier molecular flexibility index (Phi) is 2.80. The lowest BCUT2D eigenvalue weighted by Gasteiger charge is -2.38. The van der Waals surface area contributed by atoms with Crippen LogP contribution in [0, 0.1) is 17.8 Å². The maximum absolute atomic E-state index is 6.25. The summed E-state index contributed by atoms with van der Waals surface area (Å²) in [6.07, 6.45) is 7.00. The van der Waals surface area contributed by atoms with Crippen molar-refractivity contribution in [1.82, 2.24) is 0 Å². The van der Waals surface area contributed by atoms with Crippen molar-refractivity contribution in [2.45, 2.75) is 38.1 Å². The highest BCUT2D eigenvalue weighted by Crippen LogP contribution is 2.49.